The van der Waals surface area contributed by atoms with E-state index in [1.54, 1.807) is 24.3 Å². The van der Waals surface area contributed by atoms with Gasteiger partial charge in [-0.05, 0) is 42.2 Å². The van der Waals surface area contributed by atoms with Gasteiger partial charge in [0.1, 0.15) is 6.54 Å². The number of hydrogen-bond acceptors (Lipinski definition) is 5. The van der Waals surface area contributed by atoms with Gasteiger partial charge in [-0.3, -0.25) is 14.5 Å². The fourth-order valence-corrected chi connectivity index (χ4v) is 5.16. The maximum absolute atomic E-state index is 12.9. The quantitative estimate of drug-likeness (QED) is 0.356. The number of para-hydroxylation sites is 2. The highest BCUT2D eigenvalue weighted by Gasteiger charge is 2.67. The molecule has 0 unspecified atom stereocenters. The summed E-state index contributed by atoms with van der Waals surface area (Å²) >= 11 is 0. The minimum atomic E-state index is -0.639. The molecule has 1 aliphatic heterocycles. The number of likely N-dealkylation sites (tertiary alicyclic amines) is 1. The fourth-order valence-electron chi connectivity index (χ4n) is 5.16. The molecular weight excluding hydrogens is 334 g/mol. The van der Waals surface area contributed by atoms with Crippen molar-refractivity contribution in [1.29, 1.82) is 0 Å². The smallest absolute Gasteiger partial charge is 0.331 e. The monoisotopic (exact) mass is 353 g/mol. The number of nitrogens with zero attached hydrogens (tertiary/aromatic N) is 1. The van der Waals surface area contributed by atoms with E-state index in [9.17, 15) is 14.4 Å². The molecule has 0 radical (unpaired) electrons. The Bertz CT molecular complexity index is 810. The zero-order chi connectivity index (χ0) is 18.0. The first-order valence-electron chi connectivity index (χ1n) is 8.97. The average Bonchev–Trinajstić information content (AvgIpc) is 3.43. The first kappa shape index (κ1) is 15.6. The number of carbonyl (C=O) groups excluding carboxylic acids is 3. The van der Waals surface area contributed by atoms with Gasteiger partial charge in [0.15, 0.2) is 11.5 Å². The number of allylic oxidation sites excluding steroid dienone is 2. The van der Waals surface area contributed by atoms with E-state index >= 15 is 0 Å². The molecule has 5 aliphatic rings. The third-order valence-electron chi connectivity index (χ3n) is 6.33. The lowest BCUT2D eigenvalue weighted by Gasteiger charge is -2.37. The number of rotatable bonds is 4. The molecule has 6 rings (SSSR count). The van der Waals surface area contributed by atoms with Crippen LogP contribution in [0.3, 0.4) is 0 Å². The van der Waals surface area contributed by atoms with Crippen LogP contribution in [0.5, 0.6) is 11.5 Å². The van der Waals surface area contributed by atoms with Crippen molar-refractivity contribution in [3.63, 3.8) is 0 Å². The van der Waals surface area contributed by atoms with Crippen molar-refractivity contribution in [3.05, 3.63) is 36.4 Å². The lowest BCUT2D eigenvalue weighted by molar-refractivity contribution is -0.148. The normalized spacial score (nSPS) is 36.0. The van der Waals surface area contributed by atoms with E-state index in [0.29, 0.717) is 17.6 Å². The van der Waals surface area contributed by atoms with E-state index in [4.69, 9.17) is 9.47 Å². The van der Waals surface area contributed by atoms with Gasteiger partial charge in [-0.1, -0.05) is 24.3 Å². The second-order valence-electron chi connectivity index (χ2n) is 7.54. The molecule has 134 valence electrons. The highest BCUT2D eigenvalue weighted by atomic mass is 16.6. The molecule has 1 aromatic rings. The zero-order valence-electron chi connectivity index (χ0n) is 14.3. The molecule has 1 heterocycles. The Labute approximate surface area is 150 Å². The van der Waals surface area contributed by atoms with Crippen molar-refractivity contribution >= 4 is 17.8 Å². The molecule has 6 heteroatoms. The molecule has 6 atom stereocenters. The van der Waals surface area contributed by atoms with Crippen molar-refractivity contribution in [2.75, 3.05) is 13.7 Å². The highest BCUT2D eigenvalue weighted by molar-refractivity contribution is 6.08. The van der Waals surface area contributed by atoms with Gasteiger partial charge in [0.2, 0.25) is 11.8 Å². The van der Waals surface area contributed by atoms with Crippen molar-refractivity contribution in [2.45, 2.75) is 6.42 Å². The Balaban J connectivity index is 1.33. The third-order valence-corrected chi connectivity index (χ3v) is 6.33. The second-order valence-corrected chi connectivity index (χ2v) is 7.54. The number of benzene rings is 1. The van der Waals surface area contributed by atoms with E-state index < -0.39 is 5.97 Å². The lowest BCUT2D eigenvalue weighted by Crippen LogP contribution is -2.40. The fraction of sp³-hybridized carbons (Fsp3) is 0.450. The molecule has 0 aromatic heterocycles. The Morgan fingerprint density at radius 2 is 1.62 bits per heavy atom. The van der Waals surface area contributed by atoms with Crippen LogP contribution in [0.4, 0.5) is 0 Å². The average molecular weight is 353 g/mol. The van der Waals surface area contributed by atoms with Crippen molar-refractivity contribution in [3.8, 4) is 11.5 Å². The van der Waals surface area contributed by atoms with Gasteiger partial charge in [0.25, 0.3) is 0 Å². The van der Waals surface area contributed by atoms with Crippen LogP contribution in [0.2, 0.25) is 0 Å². The third kappa shape index (κ3) is 2.08. The van der Waals surface area contributed by atoms with Gasteiger partial charge in [0.05, 0.1) is 18.9 Å². The Morgan fingerprint density at radius 3 is 2.19 bits per heavy atom. The molecule has 6 nitrogen and oxygen atoms in total. The molecule has 0 spiro atoms. The molecule has 0 N–H and O–H groups in total. The number of carbonyl (C=O) groups is 3. The second kappa shape index (κ2) is 5.43. The summed E-state index contributed by atoms with van der Waals surface area (Å²) in [5.41, 5.74) is 0. The van der Waals surface area contributed by atoms with E-state index in [1.165, 1.54) is 7.11 Å². The molecule has 1 saturated heterocycles. The topological polar surface area (TPSA) is 72.9 Å². The van der Waals surface area contributed by atoms with E-state index in [2.05, 4.69) is 12.2 Å². The van der Waals surface area contributed by atoms with Crippen LogP contribution in [-0.4, -0.2) is 36.3 Å². The molecule has 1 aromatic carbocycles. The highest BCUT2D eigenvalue weighted by Crippen LogP contribution is 2.65. The maximum Gasteiger partial charge on any atom is 0.331 e. The summed E-state index contributed by atoms with van der Waals surface area (Å²) in [5.74, 6) is 0.440. The summed E-state index contributed by atoms with van der Waals surface area (Å²) in [6, 6.07) is 6.78. The van der Waals surface area contributed by atoms with Crippen LogP contribution in [-0.2, 0) is 14.4 Å². The number of imide groups is 1. The Morgan fingerprint density at radius 1 is 1.04 bits per heavy atom. The van der Waals surface area contributed by atoms with Gasteiger partial charge >= 0.3 is 5.97 Å². The van der Waals surface area contributed by atoms with Crippen molar-refractivity contribution in [1.82, 2.24) is 4.90 Å². The predicted molar refractivity (Wildman–Crippen MR) is 90.0 cm³/mol. The lowest BCUT2D eigenvalue weighted by atomic mass is 9.63. The van der Waals surface area contributed by atoms with Crippen LogP contribution in [0.1, 0.15) is 6.42 Å². The van der Waals surface area contributed by atoms with Crippen molar-refractivity contribution in [2.24, 2.45) is 35.5 Å². The number of hydrogen-bond donors (Lipinski definition) is 0. The molecular formula is C20H19NO5. The summed E-state index contributed by atoms with van der Waals surface area (Å²) in [4.78, 5) is 39.2. The van der Waals surface area contributed by atoms with Gasteiger partial charge in [-0.25, -0.2) is 4.79 Å². The summed E-state index contributed by atoms with van der Waals surface area (Å²) in [6.45, 7) is -0.350. The van der Waals surface area contributed by atoms with Gasteiger partial charge < -0.3 is 9.47 Å². The molecule has 2 amide bonds. The summed E-state index contributed by atoms with van der Waals surface area (Å²) in [5, 5.41) is 0. The molecule has 4 aliphatic carbocycles. The van der Waals surface area contributed by atoms with E-state index in [0.717, 1.165) is 11.3 Å². The van der Waals surface area contributed by atoms with Crippen LogP contribution in [0.25, 0.3) is 0 Å². The molecule has 3 fully saturated rings. The number of amides is 2. The molecule has 2 bridgehead atoms. The first-order chi connectivity index (χ1) is 12.6. The van der Waals surface area contributed by atoms with Gasteiger partial charge in [0, 0.05) is 0 Å². The Kier molecular flexibility index (Phi) is 3.26. The number of ether oxygens (including phenoxy) is 2. The van der Waals surface area contributed by atoms with Crippen molar-refractivity contribution < 1.29 is 23.9 Å². The maximum atomic E-state index is 12.9. The number of methoxy groups -OCH3 is 1. The SMILES string of the molecule is COc1ccccc1OC(=O)CN1C(=O)[C@@H]2[C@H]3C=C[C@@H]([C@@H]4C[C@H]34)[C@H]2C1=O. The Hall–Kier alpha value is -2.63. The minimum Gasteiger partial charge on any atom is -0.493 e. The number of esters is 1. The van der Waals surface area contributed by atoms with Crippen LogP contribution in [0, 0.1) is 35.5 Å². The first-order valence-corrected chi connectivity index (χ1v) is 8.97. The summed E-state index contributed by atoms with van der Waals surface area (Å²) in [6.07, 6.45) is 5.34. The molecule has 2 saturated carbocycles. The van der Waals surface area contributed by atoms with E-state index in [1.807, 2.05) is 0 Å². The van der Waals surface area contributed by atoms with Gasteiger partial charge in [-0.2, -0.15) is 0 Å². The summed E-state index contributed by atoms with van der Waals surface area (Å²) < 4.78 is 10.5. The minimum absolute atomic E-state index is 0.154. The van der Waals surface area contributed by atoms with Gasteiger partial charge in [-0.15, -0.1) is 0 Å². The zero-order valence-corrected chi connectivity index (χ0v) is 14.3. The largest absolute Gasteiger partial charge is 0.493 e. The van der Waals surface area contributed by atoms with Crippen LogP contribution < -0.4 is 9.47 Å². The summed E-state index contributed by atoms with van der Waals surface area (Å²) in [7, 11) is 1.49. The van der Waals surface area contributed by atoms with Crippen LogP contribution in [0.15, 0.2) is 36.4 Å². The van der Waals surface area contributed by atoms with E-state index in [-0.39, 0.29) is 47.8 Å². The standard InChI is InChI=1S/C20H19NO5/c1-25-14-4-2-3-5-15(14)26-16(22)9-21-19(23)17-10-6-7-11(13-8-12(10)13)18(17)20(21)24/h2-7,10-13,17-18H,8-9H2,1H3/t10-,11-,12-,13+,17+,18+/m0/s1. The predicted octanol–water partition coefficient (Wildman–Crippen LogP) is 1.65. The molecule has 26 heavy (non-hydrogen) atoms. The van der Waals surface area contributed by atoms with Crippen LogP contribution >= 0.6 is 0 Å².